The van der Waals surface area contributed by atoms with Gasteiger partial charge in [0.25, 0.3) is 0 Å². The molecule has 4 nitrogen and oxygen atoms in total. The van der Waals surface area contributed by atoms with Crippen molar-refractivity contribution in [1.29, 1.82) is 0 Å². The van der Waals surface area contributed by atoms with Gasteiger partial charge in [0.15, 0.2) is 5.78 Å². The van der Waals surface area contributed by atoms with Crippen molar-refractivity contribution in [1.82, 2.24) is 0 Å². The van der Waals surface area contributed by atoms with Crippen LogP contribution >= 0.6 is 0 Å². The van der Waals surface area contributed by atoms with Gasteiger partial charge in [-0.25, -0.2) is 0 Å². The van der Waals surface area contributed by atoms with Crippen molar-refractivity contribution >= 4 is 17.3 Å². The molecule has 0 saturated carbocycles. The van der Waals surface area contributed by atoms with Gasteiger partial charge in [-0.15, -0.1) is 0 Å². The van der Waals surface area contributed by atoms with E-state index in [0.29, 0.717) is 5.57 Å². The van der Waals surface area contributed by atoms with E-state index in [9.17, 15) is 9.59 Å². The van der Waals surface area contributed by atoms with E-state index in [1.807, 2.05) is 30.3 Å². The Labute approximate surface area is 112 Å². The summed E-state index contributed by atoms with van der Waals surface area (Å²) in [6.45, 7) is 3.44. The van der Waals surface area contributed by atoms with Gasteiger partial charge in [0, 0.05) is 5.57 Å². The quantitative estimate of drug-likeness (QED) is 0.782. The summed E-state index contributed by atoms with van der Waals surface area (Å²) in [6, 6.07) is 9.30. The van der Waals surface area contributed by atoms with Crippen LogP contribution in [0.25, 0.3) is 5.57 Å². The number of ketones is 1. The van der Waals surface area contributed by atoms with E-state index in [2.05, 4.69) is 0 Å². The van der Waals surface area contributed by atoms with Gasteiger partial charge in [0.05, 0.1) is 5.92 Å². The summed E-state index contributed by atoms with van der Waals surface area (Å²) >= 11 is 0. The van der Waals surface area contributed by atoms with Crippen LogP contribution < -0.4 is 0 Å². The van der Waals surface area contributed by atoms with E-state index in [1.165, 1.54) is 6.08 Å². The number of carbonyl (C=O) groups is 2. The Morgan fingerprint density at radius 3 is 2.63 bits per heavy atom. The Morgan fingerprint density at radius 2 is 2.00 bits per heavy atom. The molecule has 1 aromatic carbocycles. The Kier molecular flexibility index (Phi) is 4.12. The highest BCUT2D eigenvalue weighted by Crippen LogP contribution is 2.25. The predicted octanol–water partition coefficient (Wildman–Crippen LogP) is 2.19. The molecule has 1 heterocycles. The summed E-state index contributed by atoms with van der Waals surface area (Å²) < 4.78 is 10.6. The number of hydrogen-bond acceptors (Lipinski definition) is 4. The summed E-state index contributed by atoms with van der Waals surface area (Å²) in [5, 5.41) is 0. The van der Waals surface area contributed by atoms with Crippen molar-refractivity contribution in [2.24, 2.45) is 5.92 Å². The smallest absolute Gasteiger partial charge is 0.310 e. The molecule has 0 radical (unpaired) electrons. The summed E-state index contributed by atoms with van der Waals surface area (Å²) in [4.78, 5) is 23.1. The average molecular weight is 260 g/mol. The highest BCUT2D eigenvalue weighted by molar-refractivity contribution is 5.99. The second-order valence-electron chi connectivity index (χ2n) is 4.67. The van der Waals surface area contributed by atoms with Crippen molar-refractivity contribution in [2.75, 3.05) is 6.61 Å². The molecule has 0 aliphatic carbocycles. The monoisotopic (exact) mass is 260 g/mol. The molecular weight excluding hydrogens is 244 g/mol. The Balaban J connectivity index is 2.25. The van der Waals surface area contributed by atoms with E-state index in [0.717, 1.165) is 5.56 Å². The van der Waals surface area contributed by atoms with Crippen LogP contribution in [0.15, 0.2) is 36.4 Å². The van der Waals surface area contributed by atoms with Crippen molar-refractivity contribution in [2.45, 2.75) is 20.1 Å². The largest absolute Gasteiger partial charge is 0.431 e. The number of carbonyl (C=O) groups excluding carboxylic acids is 2. The van der Waals surface area contributed by atoms with Crippen LogP contribution in [0, 0.1) is 5.92 Å². The fourth-order valence-corrected chi connectivity index (χ4v) is 1.72. The van der Waals surface area contributed by atoms with Crippen LogP contribution in [0.2, 0.25) is 0 Å². The molecule has 0 fully saturated rings. The van der Waals surface area contributed by atoms with E-state index >= 15 is 0 Å². The zero-order valence-electron chi connectivity index (χ0n) is 11.0. The molecule has 0 unspecified atom stereocenters. The molecule has 1 aliphatic heterocycles. The van der Waals surface area contributed by atoms with Gasteiger partial charge < -0.3 is 9.47 Å². The Morgan fingerprint density at radius 1 is 1.32 bits per heavy atom. The van der Waals surface area contributed by atoms with Gasteiger partial charge in [0.2, 0.25) is 6.29 Å². The molecule has 4 heteroatoms. The third-order valence-electron chi connectivity index (χ3n) is 2.75. The first-order chi connectivity index (χ1) is 9.08. The third kappa shape index (κ3) is 3.29. The maximum Gasteiger partial charge on any atom is 0.310 e. The van der Waals surface area contributed by atoms with E-state index in [4.69, 9.17) is 9.47 Å². The van der Waals surface area contributed by atoms with Crippen LogP contribution in [-0.4, -0.2) is 24.6 Å². The molecule has 2 rings (SSSR count). The molecule has 1 aromatic rings. The van der Waals surface area contributed by atoms with Crippen molar-refractivity contribution in [3.05, 3.63) is 42.0 Å². The second-order valence-corrected chi connectivity index (χ2v) is 4.67. The van der Waals surface area contributed by atoms with Crippen LogP contribution in [-0.2, 0) is 19.1 Å². The van der Waals surface area contributed by atoms with Crippen LogP contribution in [0.3, 0.4) is 0 Å². The van der Waals surface area contributed by atoms with E-state index in [-0.39, 0.29) is 24.3 Å². The molecule has 1 atom stereocenters. The molecule has 19 heavy (non-hydrogen) atoms. The van der Waals surface area contributed by atoms with Gasteiger partial charge in [-0.2, -0.15) is 0 Å². The maximum atomic E-state index is 11.7. The maximum absolute atomic E-state index is 11.7. The molecule has 0 amide bonds. The fourth-order valence-electron chi connectivity index (χ4n) is 1.72. The first-order valence-electron chi connectivity index (χ1n) is 6.20. The number of esters is 1. The molecule has 1 aliphatic rings. The van der Waals surface area contributed by atoms with Gasteiger partial charge in [-0.3, -0.25) is 9.59 Å². The van der Waals surface area contributed by atoms with Crippen molar-refractivity contribution in [3.63, 3.8) is 0 Å². The first-order valence-corrected chi connectivity index (χ1v) is 6.20. The molecule has 0 bridgehead atoms. The lowest BCUT2D eigenvalue weighted by Gasteiger charge is -2.25. The van der Waals surface area contributed by atoms with Crippen molar-refractivity contribution < 1.29 is 19.1 Å². The lowest BCUT2D eigenvalue weighted by Crippen LogP contribution is -2.31. The summed E-state index contributed by atoms with van der Waals surface area (Å²) in [6.07, 6.45) is 0.673. The molecule has 0 spiro atoms. The molecule has 0 N–H and O–H groups in total. The number of ether oxygens (including phenoxy) is 2. The van der Waals surface area contributed by atoms with E-state index < -0.39 is 6.29 Å². The number of hydrogen-bond donors (Lipinski definition) is 0. The predicted molar refractivity (Wildman–Crippen MR) is 70.1 cm³/mol. The summed E-state index contributed by atoms with van der Waals surface area (Å²) in [7, 11) is 0. The van der Waals surface area contributed by atoms with Crippen LogP contribution in [0.5, 0.6) is 0 Å². The van der Waals surface area contributed by atoms with Crippen LogP contribution in [0.1, 0.15) is 19.4 Å². The highest BCUT2D eigenvalue weighted by Gasteiger charge is 2.27. The van der Waals surface area contributed by atoms with Gasteiger partial charge in [-0.1, -0.05) is 44.2 Å². The minimum Gasteiger partial charge on any atom is -0.431 e. The standard InChI is InChI=1S/C15H16O4/c1-10(2)14(17)19-15-13(8-12(16)9-18-15)11-6-4-3-5-7-11/h3-8,10,15H,9H2,1-2H3/t15-/m0/s1. The van der Waals surface area contributed by atoms with Gasteiger partial charge in [-0.05, 0) is 11.6 Å². The molecule has 0 aromatic heterocycles. The number of rotatable bonds is 3. The van der Waals surface area contributed by atoms with E-state index in [1.54, 1.807) is 13.8 Å². The second kappa shape index (κ2) is 5.80. The fraction of sp³-hybridized carbons (Fsp3) is 0.333. The average Bonchev–Trinajstić information content (AvgIpc) is 2.41. The first kappa shape index (κ1) is 13.5. The zero-order valence-corrected chi connectivity index (χ0v) is 11.0. The zero-order chi connectivity index (χ0) is 13.8. The van der Waals surface area contributed by atoms with Crippen molar-refractivity contribution in [3.8, 4) is 0 Å². The van der Waals surface area contributed by atoms with Gasteiger partial charge >= 0.3 is 5.97 Å². The molecule has 0 saturated heterocycles. The lowest BCUT2D eigenvalue weighted by atomic mass is 10.0. The molecule has 100 valence electrons. The Hall–Kier alpha value is -1.94. The Bertz CT molecular complexity index is 502. The lowest BCUT2D eigenvalue weighted by molar-refractivity contribution is -0.173. The minimum atomic E-state index is -0.810. The number of benzene rings is 1. The SMILES string of the molecule is CC(C)C(=O)O[C@@H]1OCC(=O)C=C1c1ccccc1. The normalized spacial score (nSPS) is 19.2. The summed E-state index contributed by atoms with van der Waals surface area (Å²) in [5.74, 6) is -0.713. The molecular formula is C15H16O4. The topological polar surface area (TPSA) is 52.6 Å². The third-order valence-corrected chi connectivity index (χ3v) is 2.75. The summed E-state index contributed by atoms with van der Waals surface area (Å²) in [5.41, 5.74) is 1.41. The minimum absolute atomic E-state index is 0.0631. The van der Waals surface area contributed by atoms with Gasteiger partial charge in [0.1, 0.15) is 6.61 Å². The van der Waals surface area contributed by atoms with Crippen LogP contribution in [0.4, 0.5) is 0 Å². The highest BCUT2D eigenvalue weighted by atomic mass is 16.7.